The Hall–Kier alpha value is -5.79. The van der Waals surface area contributed by atoms with Crippen LogP contribution in [0.2, 0.25) is 0 Å². The van der Waals surface area contributed by atoms with Gasteiger partial charge in [0.2, 0.25) is 11.8 Å². The first-order valence-corrected chi connectivity index (χ1v) is 20.3. The molecule has 2 aliphatic carbocycles. The number of nitrogens with zero attached hydrogens (tertiary/aromatic N) is 4. The van der Waals surface area contributed by atoms with Crippen molar-refractivity contribution in [2.45, 2.75) is 77.2 Å². The summed E-state index contributed by atoms with van der Waals surface area (Å²) >= 11 is 0. The maximum absolute atomic E-state index is 13.6. The van der Waals surface area contributed by atoms with Gasteiger partial charge in [0.05, 0.1) is 25.0 Å². The van der Waals surface area contributed by atoms with Crippen molar-refractivity contribution in [2.75, 3.05) is 13.7 Å². The van der Waals surface area contributed by atoms with Crippen LogP contribution < -0.4 is 10.6 Å². The van der Waals surface area contributed by atoms with Crippen LogP contribution in [-0.4, -0.2) is 63.2 Å². The van der Waals surface area contributed by atoms with Crippen LogP contribution in [0.1, 0.15) is 81.1 Å². The number of fused-ring (bicyclic) bond motifs is 2. The number of carbonyl (C=O) groups is 3. The van der Waals surface area contributed by atoms with E-state index in [-0.39, 0.29) is 48.1 Å². The molecule has 2 saturated carbocycles. The fourth-order valence-corrected chi connectivity index (χ4v) is 9.54. The molecule has 59 heavy (non-hydrogen) atoms. The number of halogens is 3. The van der Waals surface area contributed by atoms with E-state index < -0.39 is 24.0 Å². The van der Waals surface area contributed by atoms with E-state index in [2.05, 4.69) is 74.1 Å². The second-order valence-corrected chi connectivity index (χ2v) is 16.5. The predicted octanol–water partition coefficient (Wildman–Crippen LogP) is 8.37. The Bertz CT molecular complexity index is 2250. The van der Waals surface area contributed by atoms with Gasteiger partial charge in [-0.2, -0.15) is 13.2 Å². The molecule has 0 radical (unpaired) electrons. The number of aromatic amines is 1. The zero-order valence-corrected chi connectivity index (χ0v) is 33.3. The molecule has 4 aromatic rings. The first-order valence-electron chi connectivity index (χ1n) is 20.3. The van der Waals surface area contributed by atoms with Crippen LogP contribution in [0, 0.1) is 29.6 Å². The first-order chi connectivity index (χ1) is 28.4. The van der Waals surface area contributed by atoms with E-state index in [9.17, 15) is 27.6 Å². The Morgan fingerprint density at radius 1 is 0.898 bits per heavy atom. The van der Waals surface area contributed by atoms with Crippen LogP contribution in [0.25, 0.3) is 28.0 Å². The monoisotopic (exact) mass is 807 g/mol. The fraction of sp³-hybridized carbons (Fsp3) is 0.422. The van der Waals surface area contributed by atoms with Gasteiger partial charge in [-0.25, -0.2) is 9.78 Å². The Morgan fingerprint density at radius 2 is 1.59 bits per heavy atom. The van der Waals surface area contributed by atoms with Crippen molar-refractivity contribution >= 4 is 29.2 Å². The van der Waals surface area contributed by atoms with Crippen LogP contribution >= 0.6 is 0 Å². The normalized spacial score (nSPS) is 23.0. The lowest BCUT2D eigenvalue weighted by Crippen LogP contribution is -2.51. The topological polar surface area (TPSA) is 142 Å². The van der Waals surface area contributed by atoms with E-state index in [4.69, 9.17) is 9.73 Å². The van der Waals surface area contributed by atoms with Gasteiger partial charge < -0.3 is 25.3 Å². The zero-order chi connectivity index (χ0) is 41.4. The number of methoxy groups -OCH3 is 1. The molecule has 0 spiro atoms. The summed E-state index contributed by atoms with van der Waals surface area (Å²) in [7, 11) is 1.28. The van der Waals surface area contributed by atoms with Crippen molar-refractivity contribution in [3.05, 3.63) is 102 Å². The molecular weight excluding hydrogens is 760 g/mol. The standard InChI is InChI=1S/C45H48F3N7O4/c1-25(2)40(54-44(58)59-3)43(57)55-18-4-5-36(55)41-51-24-35(53-41)30-13-11-28(12-14-30)27-7-9-29(10-8-27)33-20-34(49-23-33)38-31-15-16-32(19-31)39(38)42(56)52-22-26-6-17-37(50-21-26)45(46,47)48/h6-14,17,21,23-25,31-32,36,38-40H,4-5,15-16,18-20,22H2,1-3H3,(H,51,53)(H,52,56)(H,54,58)/t31?,32?,36-,38?,39+,40-/m0/s1. The van der Waals surface area contributed by atoms with Crippen molar-refractivity contribution in [3.63, 3.8) is 0 Å². The average molecular weight is 808 g/mol. The average Bonchev–Trinajstić information content (AvgIpc) is 4.10. The molecule has 1 saturated heterocycles. The molecule has 2 aromatic carbocycles. The van der Waals surface area contributed by atoms with Crippen molar-refractivity contribution in [1.29, 1.82) is 0 Å². The van der Waals surface area contributed by atoms with Gasteiger partial charge in [-0.05, 0) is 89.3 Å². The second-order valence-electron chi connectivity index (χ2n) is 16.5. The number of H-pyrrole nitrogens is 1. The highest BCUT2D eigenvalue weighted by molar-refractivity contribution is 6.02. The van der Waals surface area contributed by atoms with E-state index in [0.717, 1.165) is 77.4 Å². The minimum absolute atomic E-state index is 0.0455. The number of amides is 3. The van der Waals surface area contributed by atoms with Gasteiger partial charge in [0.1, 0.15) is 17.6 Å². The maximum atomic E-state index is 13.6. The number of alkyl carbamates (subject to hydrolysis) is 1. The number of nitrogens with one attached hydrogen (secondary N) is 3. The number of likely N-dealkylation sites (tertiary alicyclic amines) is 1. The summed E-state index contributed by atoms with van der Waals surface area (Å²) in [5.41, 5.74) is 6.74. The summed E-state index contributed by atoms with van der Waals surface area (Å²) < 4.78 is 43.6. The summed E-state index contributed by atoms with van der Waals surface area (Å²) in [5, 5.41) is 5.67. The van der Waals surface area contributed by atoms with E-state index in [1.807, 2.05) is 20.0 Å². The van der Waals surface area contributed by atoms with E-state index in [0.29, 0.717) is 30.3 Å². The molecule has 308 valence electrons. The van der Waals surface area contributed by atoms with Crippen molar-refractivity contribution in [1.82, 2.24) is 30.5 Å². The van der Waals surface area contributed by atoms with E-state index in [1.165, 1.54) is 19.4 Å². The minimum Gasteiger partial charge on any atom is -0.453 e. The van der Waals surface area contributed by atoms with Crippen LogP contribution in [0.5, 0.6) is 0 Å². The number of aliphatic imine (C=N–C) groups is 1. The third-order valence-electron chi connectivity index (χ3n) is 12.6. The molecule has 8 rings (SSSR count). The highest BCUT2D eigenvalue weighted by atomic mass is 19.4. The lowest BCUT2D eigenvalue weighted by Gasteiger charge is -2.30. The highest BCUT2D eigenvalue weighted by Gasteiger charge is 2.52. The number of benzene rings is 2. The molecule has 4 heterocycles. The molecule has 11 nitrogen and oxygen atoms in total. The van der Waals surface area contributed by atoms with E-state index in [1.54, 1.807) is 11.1 Å². The molecule has 2 aromatic heterocycles. The van der Waals surface area contributed by atoms with Crippen molar-refractivity contribution in [3.8, 4) is 22.4 Å². The van der Waals surface area contributed by atoms with Gasteiger partial charge in [0, 0.05) is 49.5 Å². The van der Waals surface area contributed by atoms with Gasteiger partial charge in [0.25, 0.3) is 0 Å². The Kier molecular flexibility index (Phi) is 11.2. The van der Waals surface area contributed by atoms with Crippen molar-refractivity contribution < 1.29 is 32.3 Å². The van der Waals surface area contributed by atoms with Gasteiger partial charge >= 0.3 is 12.3 Å². The predicted molar refractivity (Wildman–Crippen MR) is 216 cm³/mol. The summed E-state index contributed by atoms with van der Waals surface area (Å²) in [4.78, 5) is 57.4. The molecule has 14 heteroatoms. The zero-order valence-electron chi connectivity index (χ0n) is 33.3. The Morgan fingerprint density at radius 3 is 2.25 bits per heavy atom. The summed E-state index contributed by atoms with van der Waals surface area (Å²) in [5.74, 6) is 0.898. The fourth-order valence-electron chi connectivity index (χ4n) is 9.54. The molecule has 4 aliphatic rings. The molecule has 2 bridgehead atoms. The third kappa shape index (κ3) is 8.26. The number of alkyl halides is 3. The van der Waals surface area contributed by atoms with Crippen LogP contribution in [-0.2, 0) is 27.0 Å². The van der Waals surface area contributed by atoms with Gasteiger partial charge in [-0.3, -0.25) is 19.6 Å². The van der Waals surface area contributed by atoms with Gasteiger partial charge in [0.15, 0.2) is 0 Å². The molecule has 3 N–H and O–H groups in total. The number of hydrogen-bond donors (Lipinski definition) is 3. The summed E-state index contributed by atoms with van der Waals surface area (Å²) in [6.45, 7) is 4.50. The van der Waals surface area contributed by atoms with Gasteiger partial charge in [-0.1, -0.05) is 68.4 Å². The molecule has 3 amide bonds. The molecular formula is C45H48F3N7O4. The smallest absolute Gasteiger partial charge is 0.433 e. The number of pyridine rings is 1. The lowest BCUT2D eigenvalue weighted by atomic mass is 9.75. The molecule has 2 aliphatic heterocycles. The number of aromatic nitrogens is 3. The van der Waals surface area contributed by atoms with Crippen LogP contribution in [0.15, 0.2) is 84.2 Å². The SMILES string of the molecule is COC(=O)N[C@H](C(=O)N1CCC[C@H]1c1ncc(-c2ccc(-c3ccc(C4=CN=C(C5C6CCC(C6)[C@H]5C(=O)NCc5ccc(C(F)(F)F)nc5)C4)cc3)cc2)[nH]1)C(C)C. The van der Waals surface area contributed by atoms with Crippen molar-refractivity contribution in [2.24, 2.45) is 34.6 Å². The largest absolute Gasteiger partial charge is 0.453 e. The highest BCUT2D eigenvalue weighted by Crippen LogP contribution is 2.54. The van der Waals surface area contributed by atoms with Crippen LogP contribution in [0.4, 0.5) is 18.0 Å². The minimum atomic E-state index is -4.51. The second kappa shape index (κ2) is 16.5. The number of carbonyl (C=O) groups excluding carboxylic acids is 3. The quantitative estimate of drug-likeness (QED) is 0.139. The first kappa shape index (κ1) is 40.0. The third-order valence-corrected chi connectivity index (χ3v) is 12.6. The van der Waals surface area contributed by atoms with Crippen LogP contribution in [0.3, 0.4) is 0 Å². The molecule has 6 atom stereocenters. The number of imidazole rings is 1. The van der Waals surface area contributed by atoms with Gasteiger partial charge in [-0.15, -0.1) is 0 Å². The maximum Gasteiger partial charge on any atom is 0.433 e. The van der Waals surface area contributed by atoms with E-state index >= 15 is 0 Å². The molecule has 3 unspecified atom stereocenters. The number of hydrogen-bond acceptors (Lipinski definition) is 7. The Labute approximate surface area is 341 Å². The number of ether oxygens (including phenoxy) is 1. The lowest BCUT2D eigenvalue weighted by molar-refractivity contribution is -0.141. The summed E-state index contributed by atoms with van der Waals surface area (Å²) in [6.07, 6.45) is 5.11. The number of rotatable bonds is 11. The molecule has 3 fully saturated rings. The Balaban J connectivity index is 0.876. The summed E-state index contributed by atoms with van der Waals surface area (Å²) in [6, 6.07) is 18.1. The number of allylic oxidation sites excluding steroid dienone is 1.